The summed E-state index contributed by atoms with van der Waals surface area (Å²) in [6.45, 7) is 1.85. The molecule has 2 aromatic rings. The lowest BCUT2D eigenvalue weighted by Gasteiger charge is -2.03. The van der Waals surface area contributed by atoms with E-state index < -0.39 is 4.92 Å². The third-order valence-electron chi connectivity index (χ3n) is 2.33. The van der Waals surface area contributed by atoms with Crippen LogP contribution in [0.15, 0.2) is 24.4 Å². The van der Waals surface area contributed by atoms with Crippen LogP contribution in [0.4, 0.5) is 5.69 Å². The summed E-state index contributed by atoms with van der Waals surface area (Å²) >= 11 is 5.63. The van der Waals surface area contributed by atoms with Crippen molar-refractivity contribution in [3.63, 3.8) is 0 Å². The summed E-state index contributed by atoms with van der Waals surface area (Å²) in [5.41, 5.74) is 2.15. The van der Waals surface area contributed by atoms with Gasteiger partial charge < -0.3 is 0 Å². The lowest BCUT2D eigenvalue weighted by molar-refractivity contribution is -0.384. The van der Waals surface area contributed by atoms with Crippen LogP contribution in [0.5, 0.6) is 0 Å². The van der Waals surface area contributed by atoms with Crippen LogP contribution in [0, 0.1) is 17.0 Å². The molecule has 0 spiro atoms. The van der Waals surface area contributed by atoms with Crippen molar-refractivity contribution >= 4 is 17.3 Å². The molecule has 0 aliphatic rings. The molecule has 0 amide bonds. The number of non-ortho nitro benzene ring substituents is 1. The minimum atomic E-state index is -0.442. The van der Waals surface area contributed by atoms with Crippen LogP contribution in [0.25, 0.3) is 5.69 Å². The monoisotopic (exact) mass is 252 g/mol. The molecule has 88 valence electrons. The average Bonchev–Trinajstić information content (AvgIpc) is 2.77. The van der Waals surface area contributed by atoms with Crippen molar-refractivity contribution in [2.24, 2.45) is 0 Å². The Kier molecular flexibility index (Phi) is 3.06. The molecule has 0 aliphatic carbocycles. The predicted molar refractivity (Wildman–Crippen MR) is 62.3 cm³/mol. The maximum atomic E-state index is 10.7. The largest absolute Gasteiger partial charge is 0.271 e. The van der Waals surface area contributed by atoms with Crippen molar-refractivity contribution in [1.82, 2.24) is 15.0 Å². The van der Waals surface area contributed by atoms with Crippen molar-refractivity contribution in [3.8, 4) is 5.69 Å². The van der Waals surface area contributed by atoms with Gasteiger partial charge in [0.2, 0.25) is 0 Å². The highest BCUT2D eigenvalue weighted by Crippen LogP contribution is 2.20. The van der Waals surface area contributed by atoms with Gasteiger partial charge in [0.05, 0.1) is 28.4 Å². The second-order valence-corrected chi connectivity index (χ2v) is 3.78. The van der Waals surface area contributed by atoms with Crippen molar-refractivity contribution in [2.75, 3.05) is 0 Å². The highest BCUT2D eigenvalue weighted by molar-refractivity contribution is 6.16. The molecule has 0 bridgehead atoms. The second kappa shape index (κ2) is 4.50. The topological polar surface area (TPSA) is 73.8 Å². The van der Waals surface area contributed by atoms with Crippen LogP contribution in [-0.4, -0.2) is 19.9 Å². The Morgan fingerprint density at radius 2 is 2.29 bits per heavy atom. The molecule has 6 nitrogen and oxygen atoms in total. The lowest BCUT2D eigenvalue weighted by Crippen LogP contribution is -1.99. The molecule has 2 rings (SSSR count). The zero-order valence-electron chi connectivity index (χ0n) is 9.00. The van der Waals surface area contributed by atoms with Gasteiger partial charge in [0, 0.05) is 12.1 Å². The van der Waals surface area contributed by atoms with Gasteiger partial charge in [-0.05, 0) is 12.5 Å². The van der Waals surface area contributed by atoms with E-state index in [0.29, 0.717) is 11.4 Å². The number of aromatic nitrogens is 3. The Balaban J connectivity index is 2.49. The van der Waals surface area contributed by atoms with E-state index in [-0.39, 0.29) is 11.6 Å². The van der Waals surface area contributed by atoms with E-state index in [1.807, 2.05) is 6.92 Å². The molecular formula is C10H9ClN4O2. The van der Waals surface area contributed by atoms with Crippen molar-refractivity contribution < 1.29 is 4.92 Å². The van der Waals surface area contributed by atoms with Crippen LogP contribution < -0.4 is 0 Å². The van der Waals surface area contributed by atoms with Gasteiger partial charge in [-0.2, -0.15) is 0 Å². The van der Waals surface area contributed by atoms with Gasteiger partial charge in [-0.3, -0.25) is 10.1 Å². The molecule has 0 saturated heterocycles. The fourth-order valence-electron chi connectivity index (χ4n) is 1.44. The molecule has 1 aromatic carbocycles. The Morgan fingerprint density at radius 3 is 2.88 bits per heavy atom. The second-order valence-electron chi connectivity index (χ2n) is 3.52. The molecule has 7 heteroatoms. The maximum absolute atomic E-state index is 10.7. The van der Waals surface area contributed by atoms with E-state index in [0.717, 1.165) is 5.56 Å². The summed E-state index contributed by atoms with van der Waals surface area (Å²) in [6, 6.07) is 4.59. The Bertz CT molecular complexity index is 567. The van der Waals surface area contributed by atoms with Gasteiger partial charge in [0.1, 0.15) is 0 Å². The third-order valence-corrected chi connectivity index (χ3v) is 2.60. The number of hydrogen-bond donors (Lipinski definition) is 0. The van der Waals surface area contributed by atoms with E-state index in [2.05, 4.69) is 10.3 Å². The highest BCUT2D eigenvalue weighted by Gasteiger charge is 2.11. The number of hydrogen-bond acceptors (Lipinski definition) is 4. The molecule has 1 heterocycles. The zero-order valence-corrected chi connectivity index (χ0v) is 9.76. The smallest absolute Gasteiger partial charge is 0.258 e. The number of halogens is 1. The van der Waals surface area contributed by atoms with E-state index >= 15 is 0 Å². The zero-order chi connectivity index (χ0) is 12.4. The van der Waals surface area contributed by atoms with Crippen LogP contribution >= 0.6 is 11.6 Å². The Labute approximate surface area is 102 Å². The predicted octanol–water partition coefficient (Wildman–Crippen LogP) is 2.22. The van der Waals surface area contributed by atoms with Crippen LogP contribution in [-0.2, 0) is 5.88 Å². The first-order chi connectivity index (χ1) is 8.11. The number of aryl methyl sites for hydroxylation is 1. The van der Waals surface area contributed by atoms with Crippen LogP contribution in [0.2, 0.25) is 0 Å². The summed E-state index contributed by atoms with van der Waals surface area (Å²) in [5.74, 6) is 0.258. The van der Waals surface area contributed by atoms with Gasteiger partial charge in [-0.1, -0.05) is 11.3 Å². The standard InChI is InChI=1S/C10H9ClN4O2/c1-7-2-3-9(15(16)17)4-10(7)14-6-8(5-11)12-13-14/h2-4,6H,5H2,1H3. The van der Waals surface area contributed by atoms with E-state index in [9.17, 15) is 10.1 Å². The van der Waals surface area contributed by atoms with Gasteiger partial charge in [0.25, 0.3) is 5.69 Å². The fourth-order valence-corrected chi connectivity index (χ4v) is 1.56. The van der Waals surface area contributed by atoms with Crippen molar-refractivity contribution in [3.05, 3.63) is 45.8 Å². The third kappa shape index (κ3) is 2.26. The van der Waals surface area contributed by atoms with E-state index in [1.54, 1.807) is 12.3 Å². The molecular weight excluding hydrogens is 244 g/mol. The molecule has 0 radical (unpaired) electrons. The summed E-state index contributed by atoms with van der Waals surface area (Å²) in [6.07, 6.45) is 1.65. The number of benzene rings is 1. The fraction of sp³-hybridized carbons (Fsp3) is 0.200. The summed E-state index contributed by atoms with van der Waals surface area (Å²) < 4.78 is 1.49. The van der Waals surface area contributed by atoms with E-state index in [4.69, 9.17) is 11.6 Å². The minimum Gasteiger partial charge on any atom is -0.258 e. The van der Waals surface area contributed by atoms with Gasteiger partial charge in [0.15, 0.2) is 0 Å². The lowest BCUT2D eigenvalue weighted by atomic mass is 10.2. The summed E-state index contributed by atoms with van der Waals surface area (Å²) in [7, 11) is 0. The molecule has 0 aliphatic heterocycles. The number of nitrogens with zero attached hydrogens (tertiary/aromatic N) is 4. The molecule has 0 saturated carbocycles. The molecule has 0 unspecified atom stereocenters. The first-order valence-corrected chi connectivity index (χ1v) is 5.38. The first kappa shape index (κ1) is 11.5. The molecule has 0 N–H and O–H groups in total. The van der Waals surface area contributed by atoms with Crippen LogP contribution in [0.1, 0.15) is 11.3 Å². The van der Waals surface area contributed by atoms with Gasteiger partial charge in [-0.25, -0.2) is 4.68 Å². The maximum Gasteiger partial charge on any atom is 0.271 e. The first-order valence-electron chi connectivity index (χ1n) is 4.84. The summed E-state index contributed by atoms with van der Waals surface area (Å²) in [5, 5.41) is 18.4. The van der Waals surface area contributed by atoms with E-state index in [1.165, 1.54) is 16.8 Å². The van der Waals surface area contributed by atoms with Crippen molar-refractivity contribution in [2.45, 2.75) is 12.8 Å². The molecule has 0 fully saturated rings. The minimum absolute atomic E-state index is 0.0218. The SMILES string of the molecule is Cc1ccc([N+](=O)[O-])cc1-n1cc(CCl)nn1. The number of alkyl halides is 1. The Hall–Kier alpha value is -1.95. The highest BCUT2D eigenvalue weighted by atomic mass is 35.5. The quantitative estimate of drug-likeness (QED) is 0.477. The number of nitro groups is 1. The molecule has 17 heavy (non-hydrogen) atoms. The number of rotatable bonds is 3. The van der Waals surface area contributed by atoms with Crippen molar-refractivity contribution in [1.29, 1.82) is 0 Å². The number of nitro benzene ring substituents is 1. The molecule has 0 atom stereocenters. The summed E-state index contributed by atoms with van der Waals surface area (Å²) in [4.78, 5) is 10.3. The molecule has 1 aromatic heterocycles. The Morgan fingerprint density at radius 1 is 1.53 bits per heavy atom. The average molecular weight is 253 g/mol. The van der Waals surface area contributed by atoms with Gasteiger partial charge in [-0.15, -0.1) is 16.7 Å². The van der Waals surface area contributed by atoms with Crippen LogP contribution in [0.3, 0.4) is 0 Å². The normalized spacial score (nSPS) is 10.5. The van der Waals surface area contributed by atoms with Gasteiger partial charge >= 0.3 is 0 Å².